The third-order valence-corrected chi connectivity index (χ3v) is 2.80. The van der Waals surface area contributed by atoms with Gasteiger partial charge in [-0.05, 0) is 23.3 Å². The molecule has 0 radical (unpaired) electrons. The van der Waals surface area contributed by atoms with Crippen LogP contribution in [0.3, 0.4) is 0 Å². The van der Waals surface area contributed by atoms with Crippen LogP contribution in [0.5, 0.6) is 0 Å². The number of benzene rings is 2. The van der Waals surface area contributed by atoms with Crippen LogP contribution in [-0.2, 0) is 4.79 Å². The summed E-state index contributed by atoms with van der Waals surface area (Å²) in [6, 6.07) is 18.1. The van der Waals surface area contributed by atoms with Crippen LogP contribution < -0.4 is 10.8 Å². The molecule has 2 aromatic carbocycles. The summed E-state index contributed by atoms with van der Waals surface area (Å²) < 4.78 is 0. The van der Waals surface area contributed by atoms with Crippen LogP contribution in [0.4, 0.5) is 5.69 Å². The predicted octanol–water partition coefficient (Wildman–Crippen LogP) is 2.66. The van der Waals surface area contributed by atoms with E-state index < -0.39 is 5.91 Å². The average molecular weight is 256 g/mol. The average Bonchev–Trinajstić information content (AvgIpc) is 2.48. The van der Waals surface area contributed by atoms with E-state index in [1.807, 2.05) is 42.5 Å². The van der Waals surface area contributed by atoms with Crippen molar-refractivity contribution in [1.82, 2.24) is 5.48 Å². The standard InChI is InChI=1S/C15H16N2O2/c18-15(17-19)10-11-16-14-8-6-13(7-9-14)12-4-2-1-3-5-12/h1-9,16,19H,10-11H2,(H,17,18). The lowest BCUT2D eigenvalue weighted by Gasteiger charge is -2.07. The van der Waals surface area contributed by atoms with E-state index in [0.29, 0.717) is 6.54 Å². The van der Waals surface area contributed by atoms with Crippen LogP contribution in [0.2, 0.25) is 0 Å². The molecule has 0 spiro atoms. The SMILES string of the molecule is O=C(CCNc1ccc(-c2ccccc2)cc1)NO. The largest absolute Gasteiger partial charge is 0.385 e. The number of carbonyl (C=O) groups excluding carboxylic acids is 1. The molecular weight excluding hydrogens is 240 g/mol. The molecule has 4 nitrogen and oxygen atoms in total. The number of hydrogen-bond acceptors (Lipinski definition) is 3. The van der Waals surface area contributed by atoms with Crippen LogP contribution in [0.15, 0.2) is 54.6 Å². The van der Waals surface area contributed by atoms with Crippen molar-refractivity contribution in [2.24, 2.45) is 0 Å². The van der Waals surface area contributed by atoms with Gasteiger partial charge in [0.05, 0.1) is 0 Å². The smallest absolute Gasteiger partial charge is 0.245 e. The highest BCUT2D eigenvalue weighted by Crippen LogP contribution is 2.20. The third-order valence-electron chi connectivity index (χ3n) is 2.80. The summed E-state index contributed by atoms with van der Waals surface area (Å²) in [5.41, 5.74) is 4.88. The molecule has 2 rings (SSSR count). The van der Waals surface area contributed by atoms with Gasteiger partial charge in [-0.1, -0.05) is 42.5 Å². The fourth-order valence-electron chi connectivity index (χ4n) is 1.79. The molecule has 1 amide bonds. The molecule has 0 atom stereocenters. The number of hydrogen-bond donors (Lipinski definition) is 3. The van der Waals surface area contributed by atoms with Crippen molar-refractivity contribution >= 4 is 11.6 Å². The zero-order valence-electron chi connectivity index (χ0n) is 10.5. The Morgan fingerprint density at radius 2 is 1.58 bits per heavy atom. The Kier molecular flexibility index (Phi) is 4.53. The van der Waals surface area contributed by atoms with Crippen molar-refractivity contribution < 1.29 is 10.0 Å². The summed E-state index contributed by atoms with van der Waals surface area (Å²) in [5.74, 6) is -0.395. The van der Waals surface area contributed by atoms with Crippen LogP contribution in [0.1, 0.15) is 6.42 Å². The van der Waals surface area contributed by atoms with Crippen LogP contribution in [-0.4, -0.2) is 17.7 Å². The number of hydroxylamine groups is 1. The minimum absolute atomic E-state index is 0.233. The first kappa shape index (κ1) is 13.1. The molecule has 0 fully saturated rings. The van der Waals surface area contributed by atoms with E-state index in [9.17, 15) is 4.79 Å². The van der Waals surface area contributed by atoms with E-state index in [-0.39, 0.29) is 6.42 Å². The van der Waals surface area contributed by atoms with E-state index in [1.54, 1.807) is 5.48 Å². The molecule has 0 aromatic heterocycles. The first-order chi connectivity index (χ1) is 9.29. The lowest BCUT2D eigenvalue weighted by molar-refractivity contribution is -0.128. The fourth-order valence-corrected chi connectivity index (χ4v) is 1.79. The number of anilines is 1. The van der Waals surface area contributed by atoms with Gasteiger partial charge >= 0.3 is 0 Å². The van der Waals surface area contributed by atoms with E-state index in [0.717, 1.165) is 11.3 Å². The molecule has 3 N–H and O–H groups in total. The van der Waals surface area contributed by atoms with Gasteiger partial charge in [0.1, 0.15) is 0 Å². The zero-order valence-corrected chi connectivity index (χ0v) is 10.5. The Morgan fingerprint density at radius 3 is 2.21 bits per heavy atom. The molecule has 0 aliphatic heterocycles. The fraction of sp³-hybridized carbons (Fsp3) is 0.133. The second-order valence-corrected chi connectivity index (χ2v) is 4.16. The highest BCUT2D eigenvalue weighted by molar-refractivity contribution is 5.75. The summed E-state index contributed by atoms with van der Waals surface area (Å²) in [6.07, 6.45) is 0.233. The minimum Gasteiger partial charge on any atom is -0.385 e. The maximum Gasteiger partial charge on any atom is 0.245 e. The minimum atomic E-state index is -0.395. The Hall–Kier alpha value is -2.33. The summed E-state index contributed by atoms with van der Waals surface area (Å²) >= 11 is 0. The molecule has 0 saturated carbocycles. The molecule has 0 aliphatic rings. The maximum atomic E-state index is 10.8. The Bertz CT molecular complexity index is 524. The van der Waals surface area contributed by atoms with Gasteiger partial charge in [-0.25, -0.2) is 5.48 Å². The molecule has 0 aliphatic carbocycles. The third kappa shape index (κ3) is 3.82. The van der Waals surface area contributed by atoms with E-state index >= 15 is 0 Å². The van der Waals surface area contributed by atoms with Gasteiger partial charge in [-0.3, -0.25) is 10.0 Å². The molecule has 0 heterocycles. The van der Waals surface area contributed by atoms with Crippen molar-refractivity contribution in [1.29, 1.82) is 0 Å². The maximum absolute atomic E-state index is 10.8. The van der Waals surface area contributed by atoms with Crippen molar-refractivity contribution in [3.05, 3.63) is 54.6 Å². The Labute approximate surface area is 112 Å². The van der Waals surface area contributed by atoms with Crippen molar-refractivity contribution in [3.8, 4) is 11.1 Å². The molecule has 4 heteroatoms. The number of nitrogens with one attached hydrogen (secondary N) is 2. The number of rotatable bonds is 5. The van der Waals surface area contributed by atoms with E-state index in [1.165, 1.54) is 5.56 Å². The lowest BCUT2D eigenvalue weighted by Crippen LogP contribution is -2.21. The molecule has 0 unspecified atom stereocenters. The molecule has 98 valence electrons. The Balaban J connectivity index is 1.94. The van der Waals surface area contributed by atoms with Gasteiger partial charge < -0.3 is 5.32 Å². The number of carbonyl (C=O) groups is 1. The van der Waals surface area contributed by atoms with Gasteiger partial charge in [0.25, 0.3) is 0 Å². The van der Waals surface area contributed by atoms with Gasteiger partial charge in [0.2, 0.25) is 5.91 Å². The number of amides is 1. The highest BCUT2D eigenvalue weighted by Gasteiger charge is 1.99. The van der Waals surface area contributed by atoms with Crippen LogP contribution in [0.25, 0.3) is 11.1 Å². The summed E-state index contributed by atoms with van der Waals surface area (Å²) in [6.45, 7) is 0.483. The van der Waals surface area contributed by atoms with Gasteiger partial charge in [-0.2, -0.15) is 0 Å². The molecule has 2 aromatic rings. The van der Waals surface area contributed by atoms with E-state index in [2.05, 4.69) is 17.4 Å². The topological polar surface area (TPSA) is 61.4 Å². The van der Waals surface area contributed by atoms with Crippen molar-refractivity contribution in [2.45, 2.75) is 6.42 Å². The first-order valence-electron chi connectivity index (χ1n) is 6.12. The molecular formula is C15H16N2O2. The van der Waals surface area contributed by atoms with Crippen molar-refractivity contribution in [2.75, 3.05) is 11.9 Å². The summed E-state index contributed by atoms with van der Waals surface area (Å²) in [7, 11) is 0. The molecule has 0 bridgehead atoms. The van der Waals surface area contributed by atoms with Gasteiger partial charge in [0.15, 0.2) is 0 Å². The molecule has 0 saturated heterocycles. The van der Waals surface area contributed by atoms with Crippen molar-refractivity contribution in [3.63, 3.8) is 0 Å². The van der Waals surface area contributed by atoms with Crippen LogP contribution in [0, 0.1) is 0 Å². The van der Waals surface area contributed by atoms with E-state index in [4.69, 9.17) is 5.21 Å². The van der Waals surface area contributed by atoms with Crippen LogP contribution >= 0.6 is 0 Å². The lowest BCUT2D eigenvalue weighted by atomic mass is 10.1. The summed E-state index contributed by atoms with van der Waals surface area (Å²) in [4.78, 5) is 10.8. The Morgan fingerprint density at radius 1 is 0.947 bits per heavy atom. The summed E-state index contributed by atoms with van der Waals surface area (Å²) in [5, 5.41) is 11.5. The van der Waals surface area contributed by atoms with Gasteiger partial charge in [-0.15, -0.1) is 0 Å². The monoisotopic (exact) mass is 256 g/mol. The first-order valence-corrected chi connectivity index (χ1v) is 6.12. The zero-order chi connectivity index (χ0) is 13.5. The van der Waals surface area contributed by atoms with Gasteiger partial charge in [0, 0.05) is 18.7 Å². The quantitative estimate of drug-likeness (QED) is 0.569. The second-order valence-electron chi connectivity index (χ2n) is 4.16. The normalized spacial score (nSPS) is 9.95. The highest BCUT2D eigenvalue weighted by atomic mass is 16.5. The molecule has 19 heavy (non-hydrogen) atoms. The predicted molar refractivity (Wildman–Crippen MR) is 74.9 cm³/mol. The second kappa shape index (κ2) is 6.56.